The molecule has 2 amide bonds. The number of benzene rings is 1. The molecule has 0 aliphatic heterocycles. The average molecular weight is 388 g/mol. The van der Waals surface area contributed by atoms with Gasteiger partial charge in [-0.3, -0.25) is 25.6 Å². The lowest BCUT2D eigenvalue weighted by molar-refractivity contribution is -0.154. The van der Waals surface area contributed by atoms with Crippen molar-refractivity contribution in [1.29, 1.82) is 0 Å². The summed E-state index contributed by atoms with van der Waals surface area (Å²) in [5.41, 5.74) is 7.65. The number of nitrogens with zero attached hydrogens (tertiary/aromatic N) is 4. The summed E-state index contributed by atoms with van der Waals surface area (Å²) < 4.78 is 0. The Morgan fingerprint density at radius 3 is 2.75 bits per heavy atom. The highest BCUT2D eigenvalue weighted by Crippen LogP contribution is 2.28. The fourth-order valence-electron chi connectivity index (χ4n) is 2.63. The van der Waals surface area contributed by atoms with Crippen molar-refractivity contribution in [3.05, 3.63) is 23.8 Å². The van der Waals surface area contributed by atoms with Crippen molar-refractivity contribution in [3.8, 4) is 0 Å². The van der Waals surface area contributed by atoms with Gasteiger partial charge in [-0.25, -0.2) is 10.0 Å². The van der Waals surface area contributed by atoms with Crippen molar-refractivity contribution in [1.82, 2.24) is 25.7 Å². The average Bonchev–Trinajstić information content (AvgIpc) is 2.68. The first-order valence-corrected chi connectivity index (χ1v) is 9.32. The number of amides is 2. The first-order valence-electron chi connectivity index (χ1n) is 9.32. The smallest absolute Gasteiger partial charge is 0.262 e. The summed E-state index contributed by atoms with van der Waals surface area (Å²) in [5, 5.41) is 18.0. The van der Waals surface area contributed by atoms with Crippen LogP contribution in [0.25, 0.3) is 11.0 Å². The maximum absolute atomic E-state index is 12.6. The minimum Gasteiger partial charge on any atom is -0.286 e. The predicted octanol–water partition coefficient (Wildman–Crippen LogP) is 2.46. The fraction of sp³-hybridized carbons (Fsp3) is 0.526. The molecular weight excluding hydrogens is 360 g/mol. The van der Waals surface area contributed by atoms with Crippen LogP contribution in [0.2, 0.25) is 0 Å². The van der Waals surface area contributed by atoms with E-state index in [2.05, 4.69) is 46.8 Å². The summed E-state index contributed by atoms with van der Waals surface area (Å²) in [7, 11) is 0. The molecule has 9 heteroatoms. The van der Waals surface area contributed by atoms with Gasteiger partial charge in [0.05, 0.1) is 18.0 Å². The molecule has 2 aromatic rings. The number of carbonyl (C=O) groups is 2. The van der Waals surface area contributed by atoms with Gasteiger partial charge in [0.25, 0.3) is 5.95 Å². The number of rotatable bonds is 10. The van der Waals surface area contributed by atoms with Crippen molar-refractivity contribution in [3.63, 3.8) is 0 Å². The molecule has 0 saturated carbocycles. The lowest BCUT2D eigenvalue weighted by Crippen LogP contribution is -2.41. The van der Waals surface area contributed by atoms with E-state index in [1.54, 1.807) is 0 Å². The van der Waals surface area contributed by atoms with E-state index in [0.29, 0.717) is 22.5 Å². The minimum absolute atomic E-state index is 0.0664. The van der Waals surface area contributed by atoms with Crippen LogP contribution in [-0.4, -0.2) is 44.3 Å². The maximum Gasteiger partial charge on any atom is 0.262 e. The second-order valence-corrected chi connectivity index (χ2v) is 7.72. The molecule has 152 valence electrons. The van der Waals surface area contributed by atoms with Gasteiger partial charge in [-0.1, -0.05) is 33.3 Å². The molecule has 0 aliphatic rings. The van der Waals surface area contributed by atoms with E-state index >= 15 is 0 Å². The van der Waals surface area contributed by atoms with Gasteiger partial charge in [-0.2, -0.15) is 0 Å². The Balaban J connectivity index is 2.03. The minimum atomic E-state index is -0.579. The predicted molar refractivity (Wildman–Crippen MR) is 105 cm³/mol. The molecule has 0 saturated heterocycles. The normalized spacial score (nSPS) is 12.5. The molecule has 0 bridgehead atoms. The van der Waals surface area contributed by atoms with Gasteiger partial charge in [0.15, 0.2) is 0 Å². The molecule has 1 heterocycles. The molecule has 1 atom stereocenters. The highest BCUT2D eigenvalue weighted by molar-refractivity contribution is 5.80. The number of carbonyl (C=O) groups excluding carboxylic acids is 2. The summed E-state index contributed by atoms with van der Waals surface area (Å²) in [5.74, 6) is -0.779. The fourth-order valence-corrected chi connectivity index (χ4v) is 2.63. The molecule has 0 unspecified atom stereocenters. The topological polar surface area (TPSA) is 120 Å². The molecule has 1 aromatic carbocycles. The third kappa shape index (κ3) is 6.12. The third-order valence-electron chi connectivity index (χ3n) is 4.93. The standard InChI is InChI=1S/C19H28N6O3/c1-5-19(3,4)9-8-14(11-25(28)12-26)17(27)22-24-18-20-15-7-6-13(2)10-16(15)21-23-18/h6-7,10,12,14,28H,5,8-9,11H2,1-4H3,(H,22,27)(H,20,23,24)/t14-/m1/s1. The molecule has 0 radical (unpaired) electrons. The van der Waals surface area contributed by atoms with Crippen molar-refractivity contribution >= 4 is 29.3 Å². The highest BCUT2D eigenvalue weighted by Gasteiger charge is 2.25. The van der Waals surface area contributed by atoms with E-state index in [1.807, 2.05) is 25.1 Å². The van der Waals surface area contributed by atoms with E-state index in [0.717, 1.165) is 18.4 Å². The molecule has 0 fully saturated rings. The number of aromatic nitrogens is 3. The van der Waals surface area contributed by atoms with Crippen LogP contribution in [-0.2, 0) is 9.59 Å². The number of aryl methyl sites for hydroxylation is 1. The zero-order chi connectivity index (χ0) is 20.7. The zero-order valence-corrected chi connectivity index (χ0v) is 16.8. The number of fused-ring (bicyclic) bond motifs is 1. The molecule has 0 aliphatic carbocycles. The number of hydroxylamine groups is 2. The van der Waals surface area contributed by atoms with Crippen molar-refractivity contribution in [2.45, 2.75) is 47.0 Å². The Kier molecular flexibility index (Phi) is 7.22. The SMILES string of the molecule is CCC(C)(C)CC[C@H](CN(O)C=O)C(=O)NNc1nnc2cc(C)ccc2n1. The largest absolute Gasteiger partial charge is 0.286 e. The van der Waals surface area contributed by atoms with Crippen LogP contribution < -0.4 is 10.9 Å². The Labute approximate surface area is 164 Å². The third-order valence-corrected chi connectivity index (χ3v) is 4.93. The van der Waals surface area contributed by atoms with Crippen molar-refractivity contribution in [2.75, 3.05) is 12.0 Å². The summed E-state index contributed by atoms with van der Waals surface area (Å²) in [4.78, 5) is 27.6. The van der Waals surface area contributed by atoms with Gasteiger partial charge in [0.2, 0.25) is 12.3 Å². The summed E-state index contributed by atoms with van der Waals surface area (Å²) in [6, 6.07) is 5.62. The molecule has 9 nitrogen and oxygen atoms in total. The second kappa shape index (κ2) is 9.41. The van der Waals surface area contributed by atoms with E-state index in [-0.39, 0.29) is 30.2 Å². The van der Waals surface area contributed by atoms with Crippen LogP contribution in [0.1, 0.15) is 45.6 Å². The molecule has 3 N–H and O–H groups in total. The first kappa shape index (κ1) is 21.5. The Morgan fingerprint density at radius 1 is 1.32 bits per heavy atom. The summed E-state index contributed by atoms with van der Waals surface area (Å²) in [6.07, 6.45) is 2.56. The number of nitrogens with one attached hydrogen (secondary N) is 2. The second-order valence-electron chi connectivity index (χ2n) is 7.72. The summed E-state index contributed by atoms with van der Waals surface area (Å²) >= 11 is 0. The van der Waals surface area contributed by atoms with E-state index < -0.39 is 5.92 Å². The van der Waals surface area contributed by atoms with Gasteiger partial charge < -0.3 is 0 Å². The van der Waals surface area contributed by atoms with Crippen LogP contribution in [0.3, 0.4) is 0 Å². The Morgan fingerprint density at radius 2 is 2.07 bits per heavy atom. The van der Waals surface area contributed by atoms with Crippen LogP contribution in [0.15, 0.2) is 18.2 Å². The number of hydrogen-bond acceptors (Lipinski definition) is 7. The van der Waals surface area contributed by atoms with Gasteiger partial charge >= 0.3 is 0 Å². The molecule has 2 rings (SSSR count). The highest BCUT2D eigenvalue weighted by atomic mass is 16.5. The molecule has 1 aromatic heterocycles. The Hall–Kier alpha value is -2.81. The van der Waals surface area contributed by atoms with Crippen LogP contribution in [0.4, 0.5) is 5.95 Å². The van der Waals surface area contributed by atoms with Gasteiger partial charge in [0, 0.05) is 0 Å². The molecular formula is C19H28N6O3. The first-order chi connectivity index (χ1) is 13.2. The van der Waals surface area contributed by atoms with E-state index in [4.69, 9.17) is 0 Å². The number of anilines is 1. The zero-order valence-electron chi connectivity index (χ0n) is 16.8. The monoisotopic (exact) mass is 388 g/mol. The van der Waals surface area contributed by atoms with Crippen molar-refractivity contribution < 1.29 is 14.8 Å². The number of hydrogen-bond donors (Lipinski definition) is 3. The lowest BCUT2D eigenvalue weighted by atomic mass is 9.82. The van der Waals surface area contributed by atoms with E-state index in [1.165, 1.54) is 0 Å². The quantitative estimate of drug-likeness (QED) is 0.325. The van der Waals surface area contributed by atoms with Crippen LogP contribution in [0.5, 0.6) is 0 Å². The molecule has 28 heavy (non-hydrogen) atoms. The van der Waals surface area contributed by atoms with Gasteiger partial charge in [0.1, 0.15) is 5.52 Å². The van der Waals surface area contributed by atoms with Crippen LogP contribution >= 0.6 is 0 Å². The molecule has 0 spiro atoms. The van der Waals surface area contributed by atoms with Crippen LogP contribution in [0, 0.1) is 18.3 Å². The van der Waals surface area contributed by atoms with Gasteiger partial charge in [-0.15, -0.1) is 10.2 Å². The maximum atomic E-state index is 12.6. The lowest BCUT2D eigenvalue weighted by Gasteiger charge is -2.26. The van der Waals surface area contributed by atoms with Gasteiger partial charge in [-0.05, 0) is 42.9 Å². The van der Waals surface area contributed by atoms with Crippen molar-refractivity contribution in [2.24, 2.45) is 11.3 Å². The Bertz CT molecular complexity index is 826. The number of hydrazine groups is 1. The summed E-state index contributed by atoms with van der Waals surface area (Å²) in [6.45, 7) is 8.19. The van der Waals surface area contributed by atoms with E-state index in [9.17, 15) is 14.8 Å².